The van der Waals surface area contributed by atoms with Gasteiger partial charge in [0.15, 0.2) is 0 Å². The van der Waals surface area contributed by atoms with E-state index in [0.29, 0.717) is 19.5 Å². The first-order chi connectivity index (χ1) is 10.1. The van der Waals surface area contributed by atoms with Gasteiger partial charge in [-0.2, -0.15) is 0 Å². The lowest BCUT2D eigenvalue weighted by Gasteiger charge is -2.35. The van der Waals surface area contributed by atoms with E-state index in [1.807, 2.05) is 4.90 Å². The molecule has 1 aliphatic rings. The smallest absolute Gasteiger partial charge is 0.320 e. The lowest BCUT2D eigenvalue weighted by atomic mass is 9.93. The predicted octanol–water partition coefficient (Wildman–Crippen LogP) is 1.54. The van der Waals surface area contributed by atoms with E-state index in [1.165, 1.54) is 0 Å². The second kappa shape index (κ2) is 7.10. The van der Waals surface area contributed by atoms with Gasteiger partial charge < -0.3 is 19.9 Å². The van der Waals surface area contributed by atoms with Crippen LogP contribution in [0.25, 0.3) is 0 Å². The standard InChI is InChI=1S/C14H22N4O3/c1-17(10-12-15-6-7-16-12)14(21)18-8-2-3-11(9-18)4-5-13(19)20/h6-7,11H,2-5,8-10H2,1H3,(H,15,16)(H,19,20). The number of amides is 2. The fraction of sp³-hybridized carbons (Fsp3) is 0.643. The summed E-state index contributed by atoms with van der Waals surface area (Å²) >= 11 is 0. The molecule has 1 atom stereocenters. The number of rotatable bonds is 5. The highest BCUT2D eigenvalue weighted by atomic mass is 16.4. The summed E-state index contributed by atoms with van der Waals surface area (Å²) in [5.41, 5.74) is 0. The monoisotopic (exact) mass is 294 g/mol. The van der Waals surface area contributed by atoms with E-state index in [4.69, 9.17) is 5.11 Å². The van der Waals surface area contributed by atoms with Crippen molar-refractivity contribution in [2.45, 2.75) is 32.2 Å². The molecule has 1 aromatic heterocycles. The van der Waals surface area contributed by atoms with Gasteiger partial charge >= 0.3 is 12.0 Å². The van der Waals surface area contributed by atoms with Gasteiger partial charge in [0.25, 0.3) is 0 Å². The molecule has 116 valence electrons. The van der Waals surface area contributed by atoms with Crippen LogP contribution in [0.4, 0.5) is 4.79 Å². The van der Waals surface area contributed by atoms with E-state index >= 15 is 0 Å². The van der Waals surface area contributed by atoms with Gasteiger partial charge in [-0.05, 0) is 25.2 Å². The van der Waals surface area contributed by atoms with Crippen molar-refractivity contribution in [3.63, 3.8) is 0 Å². The number of H-pyrrole nitrogens is 1. The molecule has 0 aromatic carbocycles. The van der Waals surface area contributed by atoms with Gasteiger partial charge in [-0.15, -0.1) is 0 Å². The molecule has 0 saturated carbocycles. The number of carboxylic acids is 1. The normalized spacial score (nSPS) is 18.5. The molecule has 7 heteroatoms. The molecule has 1 fully saturated rings. The van der Waals surface area contributed by atoms with Gasteiger partial charge in [0.05, 0.1) is 6.54 Å². The zero-order chi connectivity index (χ0) is 15.2. The van der Waals surface area contributed by atoms with Gasteiger partial charge in [-0.3, -0.25) is 4.79 Å². The first kappa shape index (κ1) is 15.3. The van der Waals surface area contributed by atoms with Crippen molar-refractivity contribution in [3.8, 4) is 0 Å². The first-order valence-electron chi connectivity index (χ1n) is 7.26. The summed E-state index contributed by atoms with van der Waals surface area (Å²) in [7, 11) is 1.76. The number of carboxylic acid groups (broad SMARTS) is 1. The Morgan fingerprint density at radius 1 is 1.57 bits per heavy atom. The van der Waals surface area contributed by atoms with Crippen LogP contribution in [0.5, 0.6) is 0 Å². The van der Waals surface area contributed by atoms with Crippen molar-refractivity contribution in [3.05, 3.63) is 18.2 Å². The molecule has 0 aliphatic carbocycles. The highest BCUT2D eigenvalue weighted by molar-refractivity contribution is 5.74. The Morgan fingerprint density at radius 3 is 3.05 bits per heavy atom. The lowest BCUT2D eigenvalue weighted by Crippen LogP contribution is -2.46. The van der Waals surface area contributed by atoms with Crippen molar-refractivity contribution in [1.29, 1.82) is 0 Å². The molecule has 0 spiro atoms. The number of carbonyl (C=O) groups excluding carboxylic acids is 1. The van der Waals surface area contributed by atoms with Gasteiger partial charge in [0, 0.05) is 39.0 Å². The summed E-state index contributed by atoms with van der Waals surface area (Å²) in [5, 5.41) is 8.75. The number of aliphatic carboxylic acids is 1. The van der Waals surface area contributed by atoms with Crippen molar-refractivity contribution in [1.82, 2.24) is 19.8 Å². The number of nitrogens with zero attached hydrogens (tertiary/aromatic N) is 3. The Hall–Kier alpha value is -2.05. The quantitative estimate of drug-likeness (QED) is 0.862. The third kappa shape index (κ3) is 4.47. The number of nitrogens with one attached hydrogen (secondary N) is 1. The van der Waals surface area contributed by atoms with Crippen molar-refractivity contribution in [2.75, 3.05) is 20.1 Å². The van der Waals surface area contributed by atoms with Gasteiger partial charge in [0.1, 0.15) is 5.82 Å². The van der Waals surface area contributed by atoms with Gasteiger partial charge in [0.2, 0.25) is 0 Å². The second-order valence-corrected chi connectivity index (χ2v) is 5.56. The Kier molecular flexibility index (Phi) is 5.19. The lowest BCUT2D eigenvalue weighted by molar-refractivity contribution is -0.137. The number of urea groups is 1. The summed E-state index contributed by atoms with van der Waals surface area (Å²) in [5.74, 6) is 0.273. The van der Waals surface area contributed by atoms with Crippen LogP contribution in [-0.4, -0.2) is 57.0 Å². The van der Waals surface area contributed by atoms with E-state index in [2.05, 4.69) is 9.97 Å². The fourth-order valence-electron chi connectivity index (χ4n) is 2.72. The Bertz CT molecular complexity index is 475. The van der Waals surface area contributed by atoms with Crippen LogP contribution in [0.3, 0.4) is 0 Å². The van der Waals surface area contributed by atoms with Gasteiger partial charge in [-0.1, -0.05) is 0 Å². The number of imidazole rings is 1. The van der Waals surface area contributed by atoms with Crippen LogP contribution in [0.1, 0.15) is 31.5 Å². The zero-order valence-corrected chi connectivity index (χ0v) is 12.3. The van der Waals surface area contributed by atoms with Crippen molar-refractivity contribution >= 4 is 12.0 Å². The number of carbonyl (C=O) groups is 2. The third-order valence-electron chi connectivity index (χ3n) is 3.82. The predicted molar refractivity (Wildman–Crippen MR) is 76.6 cm³/mol. The molecule has 1 aliphatic heterocycles. The van der Waals surface area contributed by atoms with Crippen LogP contribution < -0.4 is 0 Å². The Labute approximate surface area is 124 Å². The fourth-order valence-corrected chi connectivity index (χ4v) is 2.72. The maximum Gasteiger partial charge on any atom is 0.320 e. The van der Waals surface area contributed by atoms with E-state index < -0.39 is 5.97 Å². The van der Waals surface area contributed by atoms with Gasteiger partial charge in [-0.25, -0.2) is 9.78 Å². The zero-order valence-electron chi connectivity index (χ0n) is 12.3. The topological polar surface area (TPSA) is 89.5 Å². The Morgan fingerprint density at radius 2 is 2.38 bits per heavy atom. The molecule has 2 heterocycles. The minimum atomic E-state index is -0.770. The molecule has 1 unspecified atom stereocenters. The molecule has 0 radical (unpaired) electrons. The molecule has 1 aromatic rings. The molecule has 0 bridgehead atoms. The number of hydrogen-bond acceptors (Lipinski definition) is 3. The summed E-state index contributed by atoms with van der Waals surface area (Å²) < 4.78 is 0. The highest BCUT2D eigenvalue weighted by Crippen LogP contribution is 2.22. The van der Waals surface area contributed by atoms with Crippen LogP contribution in [0.2, 0.25) is 0 Å². The number of aromatic amines is 1. The molecule has 2 N–H and O–H groups in total. The highest BCUT2D eigenvalue weighted by Gasteiger charge is 2.26. The van der Waals surface area contributed by atoms with E-state index in [-0.39, 0.29) is 18.4 Å². The largest absolute Gasteiger partial charge is 0.481 e. The van der Waals surface area contributed by atoms with E-state index in [9.17, 15) is 9.59 Å². The third-order valence-corrected chi connectivity index (χ3v) is 3.82. The average molecular weight is 294 g/mol. The van der Waals surface area contributed by atoms with Crippen molar-refractivity contribution in [2.24, 2.45) is 5.92 Å². The molecule has 21 heavy (non-hydrogen) atoms. The van der Waals surface area contributed by atoms with E-state index in [1.54, 1.807) is 24.3 Å². The van der Waals surface area contributed by atoms with Crippen LogP contribution in [0.15, 0.2) is 12.4 Å². The minimum absolute atomic E-state index is 0.0218. The van der Waals surface area contributed by atoms with Crippen LogP contribution in [-0.2, 0) is 11.3 Å². The minimum Gasteiger partial charge on any atom is -0.481 e. The number of aromatic nitrogens is 2. The van der Waals surface area contributed by atoms with Crippen LogP contribution >= 0.6 is 0 Å². The molecular weight excluding hydrogens is 272 g/mol. The average Bonchev–Trinajstić information content (AvgIpc) is 2.97. The molecular formula is C14H22N4O3. The summed E-state index contributed by atoms with van der Waals surface area (Å²) in [6.45, 7) is 1.83. The number of piperidine rings is 1. The molecule has 7 nitrogen and oxygen atoms in total. The van der Waals surface area contributed by atoms with E-state index in [0.717, 1.165) is 25.2 Å². The Balaban J connectivity index is 1.84. The van der Waals surface area contributed by atoms with Crippen molar-refractivity contribution < 1.29 is 14.7 Å². The summed E-state index contributed by atoms with van der Waals surface area (Å²) in [6.07, 6.45) is 6.15. The summed E-state index contributed by atoms with van der Waals surface area (Å²) in [4.78, 5) is 33.6. The maximum atomic E-state index is 12.4. The van der Waals surface area contributed by atoms with Crippen LogP contribution in [0, 0.1) is 5.92 Å². The first-order valence-corrected chi connectivity index (χ1v) is 7.26. The number of likely N-dealkylation sites (tertiary alicyclic amines) is 1. The number of hydrogen-bond donors (Lipinski definition) is 2. The second-order valence-electron chi connectivity index (χ2n) is 5.56. The molecule has 1 saturated heterocycles. The maximum absolute atomic E-state index is 12.4. The molecule has 2 rings (SSSR count). The summed E-state index contributed by atoms with van der Waals surface area (Å²) in [6, 6.07) is -0.0218. The molecule has 2 amide bonds. The SMILES string of the molecule is CN(Cc1ncc[nH]1)C(=O)N1CCCC(CCC(=O)O)C1.